The number of carbonyl (C=O) groups excluding carboxylic acids is 3. The van der Waals surface area contributed by atoms with E-state index < -0.39 is 0 Å². The number of anilines is 1. The summed E-state index contributed by atoms with van der Waals surface area (Å²) in [6, 6.07) is 14.4. The number of piperazine rings is 1. The van der Waals surface area contributed by atoms with Gasteiger partial charge in [0, 0.05) is 37.9 Å². The molecule has 3 aromatic rings. The number of carbonyl (C=O) groups is 3. The van der Waals surface area contributed by atoms with E-state index in [9.17, 15) is 14.4 Å². The van der Waals surface area contributed by atoms with E-state index in [1.165, 1.54) is 18.0 Å². The van der Waals surface area contributed by atoms with E-state index in [0.29, 0.717) is 49.8 Å². The summed E-state index contributed by atoms with van der Waals surface area (Å²) < 4.78 is 5.18. The van der Waals surface area contributed by atoms with Gasteiger partial charge in [0.15, 0.2) is 5.76 Å². The third-order valence-electron chi connectivity index (χ3n) is 5.80. The van der Waals surface area contributed by atoms with E-state index in [-0.39, 0.29) is 17.7 Å². The SMILES string of the molecule is O=C(c1ccc(CN2C(=O)CSc3ncccc32)cc1)N1CCN(C(=O)c2ccco2)CC1. The van der Waals surface area contributed by atoms with E-state index in [1.54, 1.807) is 45.2 Å². The lowest BCUT2D eigenvalue weighted by molar-refractivity contribution is -0.116. The van der Waals surface area contributed by atoms with Crippen LogP contribution in [0.4, 0.5) is 5.69 Å². The monoisotopic (exact) mass is 462 g/mol. The largest absolute Gasteiger partial charge is 0.459 e. The second kappa shape index (κ2) is 9.11. The fourth-order valence-electron chi connectivity index (χ4n) is 4.00. The average Bonchev–Trinajstić information content (AvgIpc) is 3.41. The highest BCUT2D eigenvalue weighted by Gasteiger charge is 2.27. The minimum atomic E-state index is -0.154. The van der Waals surface area contributed by atoms with Crippen LogP contribution in [0.5, 0.6) is 0 Å². The van der Waals surface area contributed by atoms with Crippen molar-refractivity contribution in [1.29, 1.82) is 0 Å². The van der Waals surface area contributed by atoms with Crippen LogP contribution in [0, 0.1) is 0 Å². The molecule has 168 valence electrons. The summed E-state index contributed by atoms with van der Waals surface area (Å²) in [6.07, 6.45) is 3.21. The van der Waals surface area contributed by atoms with Crippen LogP contribution in [0.2, 0.25) is 0 Å². The van der Waals surface area contributed by atoms with Crippen LogP contribution in [0.1, 0.15) is 26.5 Å². The first kappa shape index (κ1) is 21.3. The lowest BCUT2D eigenvalue weighted by atomic mass is 10.1. The summed E-state index contributed by atoms with van der Waals surface area (Å²) in [4.78, 5) is 47.4. The molecule has 0 atom stereocenters. The molecular formula is C24H22N4O4S. The van der Waals surface area contributed by atoms with Crippen molar-refractivity contribution in [3.8, 4) is 0 Å². The molecule has 2 aliphatic heterocycles. The number of fused-ring (bicyclic) bond motifs is 1. The maximum Gasteiger partial charge on any atom is 0.289 e. The van der Waals surface area contributed by atoms with Crippen LogP contribution in [-0.4, -0.2) is 64.4 Å². The van der Waals surface area contributed by atoms with Gasteiger partial charge in [-0.05, 0) is 42.0 Å². The zero-order chi connectivity index (χ0) is 22.8. The smallest absolute Gasteiger partial charge is 0.289 e. The number of amides is 3. The van der Waals surface area contributed by atoms with Gasteiger partial charge >= 0.3 is 0 Å². The number of hydrogen-bond acceptors (Lipinski definition) is 6. The van der Waals surface area contributed by atoms with Crippen molar-refractivity contribution in [1.82, 2.24) is 14.8 Å². The van der Waals surface area contributed by atoms with Crippen LogP contribution in [0.25, 0.3) is 0 Å². The van der Waals surface area contributed by atoms with E-state index >= 15 is 0 Å². The van der Waals surface area contributed by atoms with Gasteiger partial charge in [-0.1, -0.05) is 23.9 Å². The summed E-state index contributed by atoms with van der Waals surface area (Å²) in [6.45, 7) is 2.30. The lowest BCUT2D eigenvalue weighted by Crippen LogP contribution is -2.50. The Morgan fingerprint density at radius 1 is 0.939 bits per heavy atom. The molecule has 2 aliphatic rings. The molecule has 1 fully saturated rings. The van der Waals surface area contributed by atoms with Crippen LogP contribution >= 0.6 is 11.8 Å². The van der Waals surface area contributed by atoms with Crippen LogP contribution in [0.3, 0.4) is 0 Å². The van der Waals surface area contributed by atoms with Gasteiger partial charge in [-0.15, -0.1) is 0 Å². The molecule has 0 N–H and O–H groups in total. The zero-order valence-electron chi connectivity index (χ0n) is 17.8. The van der Waals surface area contributed by atoms with Crippen LogP contribution in [0.15, 0.2) is 70.4 Å². The summed E-state index contributed by atoms with van der Waals surface area (Å²) >= 11 is 1.45. The zero-order valence-corrected chi connectivity index (χ0v) is 18.7. The van der Waals surface area contributed by atoms with Crippen LogP contribution < -0.4 is 4.90 Å². The molecule has 2 aromatic heterocycles. The first-order valence-electron chi connectivity index (χ1n) is 10.7. The molecule has 1 saturated heterocycles. The number of furan rings is 1. The topological polar surface area (TPSA) is 87.0 Å². The Hall–Kier alpha value is -3.59. The maximum atomic E-state index is 13.0. The number of rotatable bonds is 4. The first-order chi connectivity index (χ1) is 16.1. The molecule has 3 amide bonds. The highest BCUT2D eigenvalue weighted by molar-refractivity contribution is 8.00. The molecule has 0 spiro atoms. The molecule has 8 nitrogen and oxygen atoms in total. The third kappa shape index (κ3) is 4.36. The molecule has 0 bridgehead atoms. The van der Waals surface area contributed by atoms with E-state index in [1.807, 2.05) is 24.3 Å². The summed E-state index contributed by atoms with van der Waals surface area (Å²) in [5, 5.41) is 0.855. The van der Waals surface area contributed by atoms with Gasteiger partial charge in [-0.2, -0.15) is 0 Å². The predicted molar refractivity (Wildman–Crippen MR) is 123 cm³/mol. The van der Waals surface area contributed by atoms with Gasteiger partial charge < -0.3 is 19.1 Å². The molecule has 5 rings (SSSR count). The Bertz CT molecular complexity index is 1170. The van der Waals surface area contributed by atoms with Gasteiger partial charge in [0.25, 0.3) is 11.8 Å². The first-order valence-corrected chi connectivity index (χ1v) is 11.7. The van der Waals surface area contributed by atoms with Crippen molar-refractivity contribution in [2.24, 2.45) is 0 Å². The second-order valence-electron chi connectivity index (χ2n) is 7.85. The molecular weight excluding hydrogens is 440 g/mol. The third-order valence-corrected chi connectivity index (χ3v) is 6.78. The molecule has 0 saturated carbocycles. The molecule has 9 heteroatoms. The van der Waals surface area contributed by atoms with Crippen molar-refractivity contribution in [2.45, 2.75) is 11.6 Å². The van der Waals surface area contributed by atoms with Gasteiger partial charge in [-0.3, -0.25) is 14.4 Å². The number of aromatic nitrogens is 1. The molecule has 0 radical (unpaired) electrons. The number of hydrogen-bond donors (Lipinski definition) is 0. The fourth-order valence-corrected chi connectivity index (χ4v) is 4.88. The highest BCUT2D eigenvalue weighted by Crippen LogP contribution is 2.34. The number of pyridine rings is 1. The average molecular weight is 463 g/mol. The molecule has 1 aromatic carbocycles. The van der Waals surface area contributed by atoms with Crippen molar-refractivity contribution >= 4 is 35.2 Å². The predicted octanol–water partition coefficient (Wildman–Crippen LogP) is 2.91. The Morgan fingerprint density at radius 3 is 2.36 bits per heavy atom. The van der Waals surface area contributed by atoms with Crippen molar-refractivity contribution < 1.29 is 18.8 Å². The van der Waals surface area contributed by atoms with Gasteiger partial charge in [-0.25, -0.2) is 4.98 Å². The lowest BCUT2D eigenvalue weighted by Gasteiger charge is -2.34. The maximum absolute atomic E-state index is 13.0. The van der Waals surface area contributed by atoms with Crippen molar-refractivity contribution in [3.05, 3.63) is 77.9 Å². The minimum Gasteiger partial charge on any atom is -0.459 e. The Kier molecular flexibility index (Phi) is 5.87. The Balaban J connectivity index is 1.21. The summed E-state index contributed by atoms with van der Waals surface area (Å²) in [5.41, 5.74) is 2.35. The van der Waals surface area contributed by atoms with Gasteiger partial charge in [0.05, 0.1) is 24.2 Å². The number of nitrogens with zero attached hydrogens (tertiary/aromatic N) is 4. The minimum absolute atomic E-state index is 0.0441. The van der Waals surface area contributed by atoms with E-state index in [0.717, 1.165) is 16.3 Å². The number of thioether (sulfide) groups is 1. The van der Waals surface area contributed by atoms with Crippen LogP contribution in [-0.2, 0) is 11.3 Å². The molecule has 0 unspecified atom stereocenters. The van der Waals surface area contributed by atoms with Crippen molar-refractivity contribution in [2.75, 3.05) is 36.8 Å². The standard InChI is InChI=1S/C24H22N4O4S/c29-21-16-33-22-19(3-1-9-25-22)28(21)15-17-5-7-18(8-6-17)23(30)26-10-12-27(13-11-26)24(31)20-4-2-14-32-20/h1-9,14H,10-13,15-16H2. The van der Waals surface area contributed by atoms with E-state index in [4.69, 9.17) is 4.42 Å². The molecule has 0 aliphatic carbocycles. The highest BCUT2D eigenvalue weighted by atomic mass is 32.2. The second-order valence-corrected chi connectivity index (χ2v) is 8.82. The van der Waals surface area contributed by atoms with Gasteiger partial charge in [0.1, 0.15) is 5.03 Å². The summed E-state index contributed by atoms with van der Waals surface area (Å²) in [7, 11) is 0. The van der Waals surface area contributed by atoms with Crippen molar-refractivity contribution in [3.63, 3.8) is 0 Å². The Morgan fingerprint density at radius 2 is 1.67 bits per heavy atom. The quantitative estimate of drug-likeness (QED) is 0.593. The van der Waals surface area contributed by atoms with E-state index in [2.05, 4.69) is 4.98 Å². The normalized spacial score (nSPS) is 16.0. The molecule has 33 heavy (non-hydrogen) atoms. The fraction of sp³-hybridized carbons (Fsp3) is 0.250. The number of benzene rings is 1. The van der Waals surface area contributed by atoms with Gasteiger partial charge in [0.2, 0.25) is 5.91 Å². The summed E-state index contributed by atoms with van der Waals surface area (Å²) in [5.74, 6) is 0.511. The molecule has 4 heterocycles. The Labute approximate surface area is 195 Å².